The van der Waals surface area contributed by atoms with Gasteiger partial charge in [0.25, 0.3) is 11.7 Å². The van der Waals surface area contributed by atoms with Gasteiger partial charge in [0.05, 0.1) is 38.5 Å². The van der Waals surface area contributed by atoms with E-state index in [1.807, 2.05) is 38.1 Å². The van der Waals surface area contributed by atoms with Gasteiger partial charge in [-0.2, -0.15) is 0 Å². The van der Waals surface area contributed by atoms with Crippen LogP contribution in [0.4, 0.5) is 0 Å². The predicted molar refractivity (Wildman–Crippen MR) is 132 cm³/mol. The summed E-state index contributed by atoms with van der Waals surface area (Å²) in [4.78, 5) is 30.4. The Balaban J connectivity index is 1.80. The second-order valence-corrected chi connectivity index (χ2v) is 8.60. The van der Waals surface area contributed by atoms with Gasteiger partial charge in [0.15, 0.2) is 0 Å². The minimum atomic E-state index is -0.764. The van der Waals surface area contributed by atoms with E-state index in [0.717, 1.165) is 18.7 Å². The summed E-state index contributed by atoms with van der Waals surface area (Å²) in [6.45, 7) is 7.92. The molecule has 0 aromatic heterocycles. The first-order chi connectivity index (χ1) is 17.0. The van der Waals surface area contributed by atoms with Crippen LogP contribution in [-0.4, -0.2) is 79.7 Å². The van der Waals surface area contributed by atoms with Crippen molar-refractivity contribution in [3.8, 4) is 11.5 Å². The van der Waals surface area contributed by atoms with E-state index >= 15 is 0 Å². The number of amides is 1. The number of methoxy groups -OCH3 is 1. The van der Waals surface area contributed by atoms with E-state index in [1.54, 1.807) is 30.2 Å². The predicted octanol–water partition coefficient (Wildman–Crippen LogP) is 3.16. The lowest BCUT2D eigenvalue weighted by molar-refractivity contribution is -0.140. The maximum absolute atomic E-state index is 13.4. The minimum absolute atomic E-state index is 0.0670. The first-order valence-corrected chi connectivity index (χ1v) is 11.9. The van der Waals surface area contributed by atoms with Gasteiger partial charge in [-0.25, -0.2) is 0 Å². The maximum atomic E-state index is 13.4. The number of benzene rings is 2. The number of rotatable bonds is 8. The molecule has 0 spiro atoms. The first-order valence-electron chi connectivity index (χ1n) is 11.9. The normalized spacial score (nSPS) is 20.3. The van der Waals surface area contributed by atoms with E-state index in [0.29, 0.717) is 55.5 Å². The summed E-state index contributed by atoms with van der Waals surface area (Å²) in [7, 11) is 1.57. The molecule has 2 heterocycles. The van der Waals surface area contributed by atoms with Crippen molar-refractivity contribution in [2.75, 3.05) is 53.1 Å². The highest BCUT2D eigenvalue weighted by atomic mass is 16.5. The number of Topliss-reactive ketones (excluding diaryl/α,β-unsaturated/α-hetero) is 1. The number of aryl methyl sites for hydroxylation is 1. The molecule has 1 amide bonds. The number of aliphatic hydroxyl groups excluding tert-OH is 1. The average molecular weight is 481 g/mol. The minimum Gasteiger partial charge on any atom is -0.507 e. The van der Waals surface area contributed by atoms with Crippen LogP contribution in [0.3, 0.4) is 0 Å². The molecule has 0 saturated carbocycles. The van der Waals surface area contributed by atoms with Gasteiger partial charge in [-0.3, -0.25) is 14.5 Å². The van der Waals surface area contributed by atoms with Crippen molar-refractivity contribution in [3.63, 3.8) is 0 Å². The molecule has 2 aromatic rings. The van der Waals surface area contributed by atoms with Crippen LogP contribution in [0.2, 0.25) is 0 Å². The summed E-state index contributed by atoms with van der Waals surface area (Å²) in [5.74, 6) is -0.300. The van der Waals surface area contributed by atoms with Crippen molar-refractivity contribution < 1.29 is 28.9 Å². The molecule has 0 unspecified atom stereocenters. The van der Waals surface area contributed by atoms with Gasteiger partial charge >= 0.3 is 0 Å². The Morgan fingerprint density at radius 3 is 2.54 bits per heavy atom. The van der Waals surface area contributed by atoms with E-state index in [-0.39, 0.29) is 11.3 Å². The van der Waals surface area contributed by atoms with Crippen molar-refractivity contribution in [1.29, 1.82) is 0 Å². The fraction of sp³-hybridized carbons (Fsp3) is 0.407. The van der Waals surface area contributed by atoms with Gasteiger partial charge in [0.1, 0.15) is 17.3 Å². The van der Waals surface area contributed by atoms with Gasteiger partial charge < -0.3 is 24.2 Å². The van der Waals surface area contributed by atoms with Crippen LogP contribution in [0.25, 0.3) is 5.76 Å². The monoisotopic (exact) mass is 480 g/mol. The molecule has 186 valence electrons. The summed E-state index contributed by atoms with van der Waals surface area (Å²) in [5, 5.41) is 11.4. The Morgan fingerprint density at radius 2 is 1.86 bits per heavy atom. The molecule has 0 radical (unpaired) electrons. The van der Waals surface area contributed by atoms with Gasteiger partial charge in [0, 0.05) is 37.3 Å². The molecule has 2 aliphatic heterocycles. The van der Waals surface area contributed by atoms with Crippen LogP contribution in [0.15, 0.2) is 48.0 Å². The van der Waals surface area contributed by atoms with Gasteiger partial charge in [0.2, 0.25) is 0 Å². The topological polar surface area (TPSA) is 88.5 Å². The second kappa shape index (κ2) is 10.9. The highest BCUT2D eigenvalue weighted by Crippen LogP contribution is 2.43. The summed E-state index contributed by atoms with van der Waals surface area (Å²) < 4.78 is 16.6. The smallest absolute Gasteiger partial charge is 0.295 e. The Hall–Kier alpha value is -3.36. The summed E-state index contributed by atoms with van der Waals surface area (Å²) >= 11 is 0. The van der Waals surface area contributed by atoms with Crippen molar-refractivity contribution in [2.45, 2.75) is 19.9 Å². The summed E-state index contributed by atoms with van der Waals surface area (Å²) in [6, 6.07) is 11.8. The zero-order chi connectivity index (χ0) is 24.9. The van der Waals surface area contributed by atoms with Crippen molar-refractivity contribution in [2.24, 2.45) is 0 Å². The second-order valence-electron chi connectivity index (χ2n) is 8.60. The number of ketones is 1. The standard InChI is InChI=1S/C27H32N2O6/c1-4-35-22-8-6-5-7-21(22)24-23(25(30)20-10-9-19(33-3)17-18(20)2)26(31)27(32)29(24)12-11-28-13-15-34-16-14-28/h5-10,17,24,30H,4,11-16H2,1-3H3/b25-23+/t24-/m0/s1. The van der Waals surface area contributed by atoms with E-state index in [9.17, 15) is 14.7 Å². The molecule has 8 heteroatoms. The Bertz CT molecular complexity index is 1120. The number of likely N-dealkylation sites (tertiary alicyclic amines) is 1. The zero-order valence-corrected chi connectivity index (χ0v) is 20.5. The quantitative estimate of drug-likeness (QED) is 0.353. The largest absolute Gasteiger partial charge is 0.507 e. The van der Waals surface area contributed by atoms with Crippen molar-refractivity contribution >= 4 is 17.4 Å². The molecule has 2 aliphatic rings. The van der Waals surface area contributed by atoms with Crippen LogP contribution in [0.5, 0.6) is 11.5 Å². The number of morpholine rings is 1. The third kappa shape index (κ3) is 5.04. The molecule has 8 nitrogen and oxygen atoms in total. The molecular formula is C27H32N2O6. The van der Waals surface area contributed by atoms with Gasteiger partial charge in [-0.05, 0) is 43.7 Å². The Labute approximate surface area is 205 Å². The molecule has 0 bridgehead atoms. The zero-order valence-electron chi connectivity index (χ0n) is 20.5. The lowest BCUT2D eigenvalue weighted by Gasteiger charge is -2.31. The fourth-order valence-corrected chi connectivity index (χ4v) is 4.68. The third-order valence-electron chi connectivity index (χ3n) is 6.50. The van der Waals surface area contributed by atoms with Gasteiger partial charge in [-0.1, -0.05) is 18.2 Å². The maximum Gasteiger partial charge on any atom is 0.295 e. The molecule has 0 aliphatic carbocycles. The highest BCUT2D eigenvalue weighted by Gasteiger charge is 2.47. The van der Waals surface area contributed by atoms with Crippen LogP contribution in [-0.2, 0) is 14.3 Å². The number of hydrogen-bond acceptors (Lipinski definition) is 7. The number of aliphatic hydroxyl groups is 1. The Kier molecular flexibility index (Phi) is 7.73. The summed E-state index contributed by atoms with van der Waals surface area (Å²) in [5.41, 5.74) is 1.95. The molecule has 2 saturated heterocycles. The number of carbonyl (C=O) groups is 2. The number of ether oxygens (including phenoxy) is 3. The molecule has 2 aromatic carbocycles. The number of carbonyl (C=O) groups excluding carboxylic acids is 2. The third-order valence-corrected chi connectivity index (χ3v) is 6.50. The lowest BCUT2D eigenvalue weighted by Crippen LogP contribution is -2.42. The van der Waals surface area contributed by atoms with Crippen molar-refractivity contribution in [3.05, 3.63) is 64.7 Å². The average Bonchev–Trinajstić information content (AvgIpc) is 3.13. The fourth-order valence-electron chi connectivity index (χ4n) is 4.68. The Morgan fingerprint density at radius 1 is 1.11 bits per heavy atom. The lowest BCUT2D eigenvalue weighted by atomic mass is 9.93. The number of para-hydroxylation sites is 1. The molecule has 4 rings (SSSR count). The van der Waals surface area contributed by atoms with E-state index in [2.05, 4.69) is 4.90 Å². The first kappa shape index (κ1) is 24.8. The summed E-state index contributed by atoms with van der Waals surface area (Å²) in [6.07, 6.45) is 0. The van der Waals surface area contributed by atoms with Crippen LogP contribution >= 0.6 is 0 Å². The van der Waals surface area contributed by atoms with Gasteiger partial charge in [-0.15, -0.1) is 0 Å². The SMILES string of the molecule is CCOc1ccccc1[C@H]1/C(=C(\O)c2ccc(OC)cc2C)C(=O)C(=O)N1CCN1CCOCC1. The highest BCUT2D eigenvalue weighted by molar-refractivity contribution is 6.46. The van der Waals surface area contributed by atoms with E-state index < -0.39 is 17.7 Å². The van der Waals surface area contributed by atoms with Crippen LogP contribution < -0.4 is 9.47 Å². The molecule has 2 fully saturated rings. The number of hydrogen-bond donors (Lipinski definition) is 1. The molecule has 1 atom stereocenters. The van der Waals surface area contributed by atoms with E-state index in [1.165, 1.54) is 0 Å². The van der Waals surface area contributed by atoms with E-state index in [4.69, 9.17) is 14.2 Å². The number of nitrogens with zero attached hydrogens (tertiary/aromatic N) is 2. The molecular weight excluding hydrogens is 448 g/mol. The van der Waals surface area contributed by atoms with Crippen molar-refractivity contribution in [1.82, 2.24) is 9.80 Å². The van der Waals surface area contributed by atoms with Crippen LogP contribution in [0.1, 0.15) is 29.7 Å². The van der Waals surface area contributed by atoms with Crippen LogP contribution in [0, 0.1) is 6.92 Å². The molecule has 1 N–H and O–H groups in total. The molecule has 35 heavy (non-hydrogen) atoms.